The van der Waals surface area contributed by atoms with Crippen molar-refractivity contribution in [1.29, 1.82) is 0 Å². The molecule has 0 atom stereocenters. The summed E-state index contributed by atoms with van der Waals surface area (Å²) >= 11 is 0. The van der Waals surface area contributed by atoms with Crippen LogP contribution in [0.25, 0.3) is 0 Å². The maximum absolute atomic E-state index is 12.1. The molecule has 0 N–H and O–H groups in total. The maximum Gasteiger partial charge on any atom is 0.338 e. The van der Waals surface area contributed by atoms with Crippen LogP contribution in [0.15, 0.2) is 24.3 Å². The monoisotopic (exact) mass is 350 g/mol. The third-order valence-electron chi connectivity index (χ3n) is 3.73. The van der Waals surface area contributed by atoms with E-state index in [2.05, 4.69) is 6.92 Å². The summed E-state index contributed by atoms with van der Waals surface area (Å²) in [5, 5.41) is 0. The SMILES string of the molecule is CCCCCCCCOC(=O)c1cccc(C(=O)OCCOCC)c1. The van der Waals surface area contributed by atoms with Gasteiger partial charge in [-0.25, -0.2) is 9.59 Å². The number of carbonyl (C=O) groups is 2. The molecule has 140 valence electrons. The molecule has 1 aromatic carbocycles. The van der Waals surface area contributed by atoms with Crippen LogP contribution in [0.2, 0.25) is 0 Å². The van der Waals surface area contributed by atoms with Crippen molar-refractivity contribution in [2.24, 2.45) is 0 Å². The molecule has 0 fully saturated rings. The summed E-state index contributed by atoms with van der Waals surface area (Å²) < 4.78 is 15.5. The third kappa shape index (κ3) is 9.25. The van der Waals surface area contributed by atoms with E-state index < -0.39 is 11.9 Å². The van der Waals surface area contributed by atoms with Crippen LogP contribution in [0.3, 0.4) is 0 Å². The second-order valence-electron chi connectivity index (χ2n) is 5.82. The Morgan fingerprint density at radius 3 is 2.04 bits per heavy atom. The molecule has 5 heteroatoms. The third-order valence-corrected chi connectivity index (χ3v) is 3.73. The van der Waals surface area contributed by atoms with Crippen LogP contribution in [0.4, 0.5) is 0 Å². The molecule has 0 bridgehead atoms. The van der Waals surface area contributed by atoms with Crippen molar-refractivity contribution in [1.82, 2.24) is 0 Å². The van der Waals surface area contributed by atoms with E-state index in [1.54, 1.807) is 18.2 Å². The Bertz CT molecular complexity index is 513. The first-order valence-electron chi connectivity index (χ1n) is 9.21. The fraction of sp³-hybridized carbons (Fsp3) is 0.600. The molecule has 1 aromatic rings. The van der Waals surface area contributed by atoms with Crippen molar-refractivity contribution in [3.05, 3.63) is 35.4 Å². The van der Waals surface area contributed by atoms with E-state index in [1.807, 2.05) is 6.92 Å². The minimum atomic E-state index is -0.467. The summed E-state index contributed by atoms with van der Waals surface area (Å²) in [4.78, 5) is 24.0. The molecule has 5 nitrogen and oxygen atoms in total. The van der Waals surface area contributed by atoms with Gasteiger partial charge in [0, 0.05) is 6.61 Å². The fourth-order valence-corrected chi connectivity index (χ4v) is 2.32. The van der Waals surface area contributed by atoms with Crippen molar-refractivity contribution < 1.29 is 23.8 Å². The maximum atomic E-state index is 12.1. The summed E-state index contributed by atoms with van der Waals surface area (Å²) in [6.07, 6.45) is 6.83. The van der Waals surface area contributed by atoms with E-state index in [1.165, 1.54) is 31.7 Å². The molecule has 0 unspecified atom stereocenters. The summed E-state index contributed by atoms with van der Waals surface area (Å²) in [6, 6.07) is 6.42. The summed E-state index contributed by atoms with van der Waals surface area (Å²) in [6.45, 7) is 5.61. The lowest BCUT2D eigenvalue weighted by Gasteiger charge is -2.07. The number of esters is 2. The number of hydrogen-bond acceptors (Lipinski definition) is 5. The fourth-order valence-electron chi connectivity index (χ4n) is 2.32. The number of rotatable bonds is 13. The van der Waals surface area contributed by atoms with E-state index in [9.17, 15) is 9.59 Å². The Labute approximate surface area is 150 Å². The van der Waals surface area contributed by atoms with Crippen LogP contribution in [0.5, 0.6) is 0 Å². The van der Waals surface area contributed by atoms with Gasteiger partial charge >= 0.3 is 11.9 Å². The quantitative estimate of drug-likeness (QED) is 0.390. The first kappa shape index (κ1) is 21.2. The highest BCUT2D eigenvalue weighted by Crippen LogP contribution is 2.10. The minimum absolute atomic E-state index is 0.194. The zero-order valence-corrected chi connectivity index (χ0v) is 15.4. The Kier molecular flexibility index (Phi) is 11.4. The molecule has 0 saturated carbocycles. The van der Waals surface area contributed by atoms with Crippen LogP contribution in [-0.2, 0) is 14.2 Å². The van der Waals surface area contributed by atoms with Crippen LogP contribution in [0.1, 0.15) is 73.1 Å². The van der Waals surface area contributed by atoms with E-state index in [4.69, 9.17) is 14.2 Å². The second-order valence-corrected chi connectivity index (χ2v) is 5.82. The summed E-state index contributed by atoms with van der Waals surface area (Å²) in [5.41, 5.74) is 0.704. The predicted octanol–water partition coefficient (Wildman–Crippen LogP) is 4.40. The van der Waals surface area contributed by atoms with Crippen molar-refractivity contribution in [2.75, 3.05) is 26.4 Å². The van der Waals surface area contributed by atoms with E-state index in [-0.39, 0.29) is 6.61 Å². The van der Waals surface area contributed by atoms with Crippen molar-refractivity contribution in [3.8, 4) is 0 Å². The Balaban J connectivity index is 2.35. The molecule has 0 saturated heterocycles. The van der Waals surface area contributed by atoms with Crippen LogP contribution >= 0.6 is 0 Å². The molecule has 25 heavy (non-hydrogen) atoms. The van der Waals surface area contributed by atoms with Gasteiger partial charge in [-0.1, -0.05) is 45.1 Å². The van der Waals surface area contributed by atoms with E-state index in [0.29, 0.717) is 30.9 Å². The first-order valence-corrected chi connectivity index (χ1v) is 9.21. The van der Waals surface area contributed by atoms with Gasteiger partial charge in [0.15, 0.2) is 0 Å². The van der Waals surface area contributed by atoms with Gasteiger partial charge in [0.25, 0.3) is 0 Å². The zero-order valence-electron chi connectivity index (χ0n) is 15.4. The smallest absolute Gasteiger partial charge is 0.338 e. The Hall–Kier alpha value is -1.88. The minimum Gasteiger partial charge on any atom is -0.462 e. The Morgan fingerprint density at radius 2 is 1.40 bits per heavy atom. The predicted molar refractivity (Wildman–Crippen MR) is 96.9 cm³/mol. The molecule has 0 heterocycles. The highest BCUT2D eigenvalue weighted by molar-refractivity contribution is 5.95. The first-order chi connectivity index (χ1) is 12.2. The average Bonchev–Trinajstić information content (AvgIpc) is 2.64. The molecular formula is C20H30O5. The topological polar surface area (TPSA) is 61.8 Å². The van der Waals surface area contributed by atoms with E-state index in [0.717, 1.165) is 12.8 Å². The van der Waals surface area contributed by atoms with Gasteiger partial charge in [-0.2, -0.15) is 0 Å². The zero-order chi connectivity index (χ0) is 18.3. The van der Waals surface area contributed by atoms with Gasteiger partial charge in [0.05, 0.1) is 24.3 Å². The van der Waals surface area contributed by atoms with Gasteiger partial charge in [-0.3, -0.25) is 0 Å². The van der Waals surface area contributed by atoms with Gasteiger partial charge in [0.2, 0.25) is 0 Å². The van der Waals surface area contributed by atoms with Crippen LogP contribution < -0.4 is 0 Å². The normalized spacial score (nSPS) is 10.5. The van der Waals surface area contributed by atoms with Crippen LogP contribution in [-0.4, -0.2) is 38.4 Å². The second kappa shape index (κ2) is 13.4. The van der Waals surface area contributed by atoms with E-state index >= 15 is 0 Å². The molecule has 0 radical (unpaired) electrons. The highest BCUT2D eigenvalue weighted by Gasteiger charge is 2.12. The number of benzene rings is 1. The molecule has 0 aromatic heterocycles. The standard InChI is InChI=1S/C20H30O5/c1-3-5-6-7-8-9-13-24-19(21)17-11-10-12-18(16-17)20(22)25-15-14-23-4-2/h10-12,16H,3-9,13-15H2,1-2H3. The largest absolute Gasteiger partial charge is 0.462 e. The lowest BCUT2D eigenvalue weighted by atomic mass is 10.1. The summed E-state index contributed by atoms with van der Waals surface area (Å²) in [7, 11) is 0. The summed E-state index contributed by atoms with van der Waals surface area (Å²) in [5.74, 6) is -0.872. The van der Waals surface area contributed by atoms with Gasteiger partial charge < -0.3 is 14.2 Å². The van der Waals surface area contributed by atoms with Crippen molar-refractivity contribution in [3.63, 3.8) is 0 Å². The lowest BCUT2D eigenvalue weighted by molar-refractivity contribution is 0.0335. The average molecular weight is 350 g/mol. The number of carbonyl (C=O) groups excluding carboxylic acids is 2. The molecule has 0 aliphatic carbocycles. The number of hydrogen-bond donors (Lipinski definition) is 0. The molecular weight excluding hydrogens is 320 g/mol. The van der Waals surface area contributed by atoms with Crippen molar-refractivity contribution in [2.45, 2.75) is 52.4 Å². The number of unbranched alkanes of at least 4 members (excludes halogenated alkanes) is 5. The van der Waals surface area contributed by atoms with Crippen LogP contribution in [0, 0.1) is 0 Å². The van der Waals surface area contributed by atoms with Gasteiger partial charge in [-0.15, -0.1) is 0 Å². The molecule has 1 rings (SSSR count). The molecule has 0 spiro atoms. The van der Waals surface area contributed by atoms with Gasteiger partial charge in [-0.05, 0) is 31.5 Å². The lowest BCUT2D eigenvalue weighted by Crippen LogP contribution is -2.12. The van der Waals surface area contributed by atoms with Crippen molar-refractivity contribution >= 4 is 11.9 Å². The Morgan fingerprint density at radius 1 is 0.800 bits per heavy atom. The number of ether oxygens (including phenoxy) is 3. The van der Waals surface area contributed by atoms with Gasteiger partial charge in [0.1, 0.15) is 6.61 Å². The highest BCUT2D eigenvalue weighted by atomic mass is 16.6. The molecule has 0 aliphatic heterocycles. The molecule has 0 amide bonds. The molecule has 0 aliphatic rings.